The number of carbonyl (C=O) groups excluding carboxylic acids is 5. The molecule has 0 unspecified atom stereocenters. The van der Waals surface area contributed by atoms with Gasteiger partial charge in [0.25, 0.3) is 27.8 Å². The first-order chi connectivity index (χ1) is 48.1. The number of nitrogens with zero attached hydrogens (tertiary/aromatic N) is 11. The minimum atomic E-state index is -1.37. The number of carbonyl (C=O) groups is 7. The van der Waals surface area contributed by atoms with Gasteiger partial charge in [-0.25, -0.2) is 63.3 Å². The molecule has 532 valence electrons. The zero-order chi connectivity index (χ0) is 74.0. The Bertz CT molecular complexity index is 4790. The van der Waals surface area contributed by atoms with Gasteiger partial charge in [0.2, 0.25) is 15.9 Å². The van der Waals surface area contributed by atoms with Gasteiger partial charge in [-0.1, -0.05) is 28.6 Å². The van der Waals surface area contributed by atoms with Crippen molar-refractivity contribution in [3.05, 3.63) is 190 Å². The van der Waals surface area contributed by atoms with Gasteiger partial charge in [0.1, 0.15) is 72.6 Å². The van der Waals surface area contributed by atoms with Crippen LogP contribution in [-0.2, 0) is 14.2 Å². The summed E-state index contributed by atoms with van der Waals surface area (Å²) in [6, 6.07) is 8.42. The quantitative estimate of drug-likeness (QED) is 0.0192. The molecule has 12 rings (SSSR count). The summed E-state index contributed by atoms with van der Waals surface area (Å²) in [5, 5.41) is 33.6. The third-order valence-corrected chi connectivity index (χ3v) is 13.2. The third kappa shape index (κ3) is 25.2. The summed E-state index contributed by atoms with van der Waals surface area (Å²) < 4.78 is 14.2. The number of para-hydroxylation sites is 1. The number of aromatic nitrogens is 17. The highest BCUT2D eigenvalue weighted by Gasteiger charge is 2.27. The smallest absolute Gasteiger partial charge is 0.347 e. The average molecular weight is 1500 g/mol. The summed E-state index contributed by atoms with van der Waals surface area (Å²) in [6.45, 7) is 5.85. The largest absolute Gasteiger partial charge is 0.477 e. The highest BCUT2D eigenvalue weighted by Crippen LogP contribution is 2.29. The van der Waals surface area contributed by atoms with E-state index in [1.165, 1.54) is 29.6 Å². The fourth-order valence-corrected chi connectivity index (χ4v) is 7.78. The normalized spacial score (nSPS) is 12.2. The van der Waals surface area contributed by atoms with Gasteiger partial charge in [-0.3, -0.25) is 38.9 Å². The fraction of sp³-hybridized carbons (Fsp3) is 0.268. The summed E-state index contributed by atoms with van der Waals surface area (Å²) in [6.07, 6.45) is 14.3. The van der Waals surface area contributed by atoms with Crippen LogP contribution >= 0.6 is 58.0 Å². The molecule has 101 heavy (non-hydrogen) atoms. The minimum absolute atomic E-state index is 0.00144. The van der Waals surface area contributed by atoms with Crippen LogP contribution in [0.3, 0.4) is 0 Å². The number of aromatic amines is 6. The van der Waals surface area contributed by atoms with Crippen molar-refractivity contribution in [2.24, 2.45) is 5.73 Å². The summed E-state index contributed by atoms with van der Waals surface area (Å²) in [7, 11) is 0. The maximum absolute atomic E-state index is 11.6. The number of amides is 1. The summed E-state index contributed by atoms with van der Waals surface area (Å²) in [4.78, 5) is 189. The molecule has 0 saturated heterocycles. The van der Waals surface area contributed by atoms with E-state index in [1.54, 1.807) is 25.8 Å². The van der Waals surface area contributed by atoms with Gasteiger partial charge in [0, 0.05) is 61.5 Å². The highest BCUT2D eigenvalue weighted by molar-refractivity contribution is 6.67. The van der Waals surface area contributed by atoms with Crippen molar-refractivity contribution in [3.8, 4) is 6.01 Å². The zero-order valence-electron chi connectivity index (χ0n) is 52.2. The Hall–Kier alpha value is -11.9. The maximum Gasteiger partial charge on any atom is 0.347 e. The van der Waals surface area contributed by atoms with Crippen LogP contribution in [0.5, 0.6) is 6.01 Å². The number of rotatable bonds is 18. The molecule has 40 nitrogen and oxygen atoms in total. The Kier molecular flexibility index (Phi) is 29.2. The van der Waals surface area contributed by atoms with Crippen LogP contribution < -0.4 is 60.3 Å². The summed E-state index contributed by atoms with van der Waals surface area (Å²) in [5.74, 6) is -3.61. The van der Waals surface area contributed by atoms with Crippen molar-refractivity contribution in [2.75, 3.05) is 35.8 Å². The number of nitrogens with two attached hydrogens (primary N) is 1. The lowest BCUT2D eigenvalue weighted by atomic mass is 10.3. The van der Waals surface area contributed by atoms with Crippen molar-refractivity contribution < 1.29 is 62.8 Å². The molecule has 3 aliphatic rings. The Balaban J connectivity index is 0.000000189. The monoisotopic (exact) mass is 1500 g/mol. The van der Waals surface area contributed by atoms with E-state index in [0.717, 1.165) is 57.1 Å². The molecular formula is C56H54Cl5N21O19. The number of carboxylic acid groups (broad SMARTS) is 2. The molecule has 0 spiro atoms. The van der Waals surface area contributed by atoms with Gasteiger partial charge in [0.15, 0.2) is 0 Å². The molecule has 8 heterocycles. The number of esters is 3. The van der Waals surface area contributed by atoms with E-state index in [-0.39, 0.29) is 68.0 Å². The van der Waals surface area contributed by atoms with Gasteiger partial charge in [-0.05, 0) is 123 Å². The number of primary amides is 1. The van der Waals surface area contributed by atoms with Crippen molar-refractivity contribution in [1.29, 1.82) is 0 Å². The first-order valence-corrected chi connectivity index (χ1v) is 30.8. The number of carboxylic acids is 2. The lowest BCUT2D eigenvalue weighted by molar-refractivity contribution is 0.0514. The minimum Gasteiger partial charge on any atom is -0.477 e. The molecular weight excluding hydrogens is 1450 g/mol. The lowest BCUT2D eigenvalue weighted by Gasteiger charge is -2.09. The number of benzene rings is 1. The Morgan fingerprint density at radius 1 is 0.525 bits per heavy atom. The fourth-order valence-electron chi connectivity index (χ4n) is 6.99. The van der Waals surface area contributed by atoms with Crippen LogP contribution in [0.1, 0.15) is 132 Å². The number of aromatic carboxylic acids is 2. The number of fused-ring (bicyclic) bond motifs is 1. The van der Waals surface area contributed by atoms with Crippen molar-refractivity contribution in [1.82, 2.24) is 84.9 Å². The molecule has 0 bridgehead atoms. The van der Waals surface area contributed by atoms with Gasteiger partial charge in [-0.2, -0.15) is 15.0 Å². The van der Waals surface area contributed by atoms with Gasteiger partial charge in [0.05, 0.1) is 19.8 Å². The predicted octanol–water partition coefficient (Wildman–Crippen LogP) is 3.42. The number of H-pyrrole nitrogens is 6. The van der Waals surface area contributed by atoms with Gasteiger partial charge < -0.3 is 65.9 Å². The van der Waals surface area contributed by atoms with Crippen LogP contribution in [0.2, 0.25) is 21.0 Å². The first-order valence-electron chi connectivity index (χ1n) is 28.9. The molecule has 1 aromatic carbocycles. The van der Waals surface area contributed by atoms with E-state index >= 15 is 0 Å². The van der Waals surface area contributed by atoms with Crippen LogP contribution in [-0.4, -0.2) is 174 Å². The second kappa shape index (κ2) is 37.7. The standard InChI is InChI=1S/C14H13N7O2.C10H12ClN3O2.C8H8ClN3O2.C7H6Cl2N2O2.C7H8N2O4.C5H3ClN2O3.C5H4N2O4/c15-12(22)9-7-16-14(18-13(9)17-8-5-6-8)23-21-11-4-2-1-3-10(11)19-20-21;1-2-16-9(15)7-5-12-10(11)14-8(7)13-6-3-4-6;9-8-10-3-5(7(13)14)6(12-8)11-4-1-2-4;1-2-13-6(12)4-3-10-7(9)11-5(4)8;1-2-13-6(11)4-3-8-7(12)9-5(4)10;6-3(9)2-1-7-5(11)8-4(2)10;8-3-2(4(9)10)1-6-5(11)7-3/h1-4,7-8H,5-6H2,(H2,15,22)(H,16,17,18);5-6H,2-4H2,1H3,(H,12,13,14);3-4H,1-2H2,(H,13,14)(H,10,11,12);3H,2H2,1H3;3H,2H2,1H3,(H2,8,9,10,12);1H,(H2,7,8,10,11);1H,(H,9,10)(H2,6,7,8,11). The number of anilines is 3. The molecule has 1 amide bonds. The number of ether oxygens (including phenoxy) is 3. The van der Waals surface area contributed by atoms with Gasteiger partial charge >= 0.3 is 52.9 Å². The van der Waals surface area contributed by atoms with Crippen LogP contribution in [0.25, 0.3) is 11.0 Å². The van der Waals surface area contributed by atoms with E-state index in [9.17, 15) is 62.3 Å². The van der Waals surface area contributed by atoms with Gasteiger partial charge in [-0.15, -0.1) is 5.10 Å². The van der Waals surface area contributed by atoms with E-state index in [2.05, 4.69) is 80.8 Å². The second-order valence-electron chi connectivity index (χ2n) is 19.7. The van der Waals surface area contributed by atoms with Crippen LogP contribution in [0.4, 0.5) is 17.5 Å². The van der Waals surface area contributed by atoms with Crippen molar-refractivity contribution in [3.63, 3.8) is 0 Å². The molecule has 3 fully saturated rings. The van der Waals surface area contributed by atoms with Crippen molar-refractivity contribution in [2.45, 2.75) is 77.4 Å². The van der Waals surface area contributed by atoms with Crippen LogP contribution in [0, 0.1) is 0 Å². The molecule has 0 atom stereocenters. The molecule has 13 N–H and O–H groups in total. The highest BCUT2D eigenvalue weighted by atomic mass is 35.5. The molecule has 8 aromatic heterocycles. The zero-order valence-corrected chi connectivity index (χ0v) is 55.9. The predicted molar refractivity (Wildman–Crippen MR) is 355 cm³/mol. The number of halogens is 5. The van der Waals surface area contributed by atoms with Crippen LogP contribution in [0.15, 0.2) is 96.4 Å². The number of nitrogens with one attached hydrogen (secondary N) is 9. The topological polar surface area (TPSA) is 590 Å². The molecule has 0 aliphatic heterocycles. The second-order valence-corrected chi connectivity index (χ2v) is 21.4. The number of hydrogen-bond acceptors (Lipinski definition) is 30. The first kappa shape index (κ1) is 78.1. The Morgan fingerprint density at radius 2 is 0.921 bits per heavy atom. The van der Waals surface area contributed by atoms with E-state index in [0.29, 0.717) is 58.8 Å². The SMILES string of the molecule is CCOC(=O)c1c[nH]c(=O)[nH]c1=O.CCOC(=O)c1cnc(Cl)nc1Cl.CCOC(=O)c1cnc(Cl)nc1NC1CC1.NC(=O)c1cnc(On2nnc3ccccc32)nc1NC1CC1.O=C(Cl)c1c[nH]c(=O)[nH]c1=O.O=C(O)c1c[nH]c(=O)[nH]c1=O.O=C(O)c1cnc(Cl)nc1NC1CC1. The Labute approximate surface area is 587 Å². The molecule has 9 aromatic rings. The summed E-state index contributed by atoms with van der Waals surface area (Å²) in [5.41, 5.74) is 2.02. The average Bonchev–Trinajstić information content (AvgIpc) is 1.62. The van der Waals surface area contributed by atoms with E-state index in [4.69, 9.17) is 88.3 Å². The Morgan fingerprint density at radius 3 is 1.36 bits per heavy atom. The maximum atomic E-state index is 11.6. The third-order valence-electron chi connectivity index (χ3n) is 12.1. The molecule has 45 heteroatoms. The van der Waals surface area contributed by atoms with E-state index < -0.39 is 80.3 Å². The van der Waals surface area contributed by atoms with E-state index in [1.807, 2.05) is 39.2 Å². The number of hydrogen-bond donors (Lipinski definition) is 12. The molecule has 3 aliphatic carbocycles. The summed E-state index contributed by atoms with van der Waals surface area (Å²) >= 11 is 27.3. The molecule has 0 radical (unpaired) electrons. The van der Waals surface area contributed by atoms with Crippen molar-refractivity contribution >= 4 is 127 Å². The lowest BCUT2D eigenvalue weighted by Crippen LogP contribution is -2.27. The molecule has 3 saturated carbocycles.